The predicted molar refractivity (Wildman–Crippen MR) is 171 cm³/mol. The van der Waals surface area contributed by atoms with E-state index in [9.17, 15) is 22.8 Å². The molecule has 4 rings (SSSR count). The minimum Gasteiger partial charge on any atom is -0.313 e. The number of hydrazone groups is 1. The Bertz CT molecular complexity index is 1500. The number of nitrogens with one attached hydrogen (secondary N) is 2. The second-order valence-electron chi connectivity index (χ2n) is 10.7. The van der Waals surface area contributed by atoms with Gasteiger partial charge in [-0.15, -0.1) is 11.3 Å². The fourth-order valence-electron chi connectivity index (χ4n) is 5.15. The first-order valence-electron chi connectivity index (χ1n) is 14.7. The molecule has 12 heteroatoms. The topological polar surface area (TPSA) is 77.0 Å². The highest BCUT2D eigenvalue weighted by atomic mass is 35.5. The highest BCUT2D eigenvalue weighted by molar-refractivity contribution is 7.17. The van der Waals surface area contributed by atoms with E-state index in [-0.39, 0.29) is 17.0 Å². The average molecular weight is 648 g/mol. The molecule has 0 aliphatic carbocycles. The number of thiophene rings is 1. The molecule has 44 heavy (non-hydrogen) atoms. The van der Waals surface area contributed by atoms with Gasteiger partial charge in [-0.1, -0.05) is 50.1 Å². The van der Waals surface area contributed by atoms with E-state index in [1.807, 2.05) is 25.1 Å². The summed E-state index contributed by atoms with van der Waals surface area (Å²) in [6, 6.07) is 10.8. The molecule has 0 saturated carbocycles. The number of hydrogen-bond acceptors (Lipinski definition) is 6. The molecule has 2 aromatic carbocycles. The van der Waals surface area contributed by atoms with Gasteiger partial charge in [-0.25, -0.2) is 5.43 Å². The maximum absolute atomic E-state index is 13.4. The summed E-state index contributed by atoms with van der Waals surface area (Å²) in [4.78, 5) is 32.4. The van der Waals surface area contributed by atoms with E-state index < -0.39 is 22.7 Å². The Morgan fingerprint density at radius 1 is 1.07 bits per heavy atom. The molecular formula is C32H37ClF3N5O2S. The highest BCUT2D eigenvalue weighted by Gasteiger charge is 2.33. The van der Waals surface area contributed by atoms with Crippen molar-refractivity contribution in [2.45, 2.75) is 59.3 Å². The number of halogens is 4. The van der Waals surface area contributed by atoms with Crippen molar-refractivity contribution in [1.82, 2.24) is 15.2 Å². The Hall–Kier alpha value is -3.25. The minimum atomic E-state index is -4.62. The van der Waals surface area contributed by atoms with E-state index in [0.717, 1.165) is 79.9 Å². The third kappa shape index (κ3) is 8.68. The van der Waals surface area contributed by atoms with Gasteiger partial charge in [-0.3, -0.25) is 19.4 Å². The van der Waals surface area contributed by atoms with Gasteiger partial charge in [0.05, 0.1) is 22.4 Å². The number of anilines is 1. The van der Waals surface area contributed by atoms with Gasteiger partial charge in [0.15, 0.2) is 0 Å². The van der Waals surface area contributed by atoms with Crippen LogP contribution < -0.4 is 10.7 Å². The first-order chi connectivity index (χ1) is 21.0. The number of nitrogens with zero attached hydrogens (tertiary/aromatic N) is 3. The predicted octanol–water partition coefficient (Wildman–Crippen LogP) is 7.57. The summed E-state index contributed by atoms with van der Waals surface area (Å²) < 4.78 is 39.8. The Balaban J connectivity index is 1.58. The van der Waals surface area contributed by atoms with Crippen molar-refractivity contribution in [1.29, 1.82) is 0 Å². The second-order valence-corrected chi connectivity index (χ2v) is 12.3. The third-order valence-electron chi connectivity index (χ3n) is 7.68. The number of alkyl halides is 3. The molecule has 2 N–H and O–H groups in total. The van der Waals surface area contributed by atoms with Crippen LogP contribution in [0.4, 0.5) is 18.2 Å². The molecule has 7 nitrogen and oxygen atoms in total. The average Bonchev–Trinajstić information content (AvgIpc) is 3.30. The summed E-state index contributed by atoms with van der Waals surface area (Å²) in [6.07, 6.45) is -0.0835. The van der Waals surface area contributed by atoms with Crippen LogP contribution in [0.5, 0.6) is 0 Å². The molecule has 0 radical (unpaired) electrons. The van der Waals surface area contributed by atoms with Crippen LogP contribution in [0.1, 0.15) is 81.0 Å². The lowest BCUT2D eigenvalue weighted by Crippen LogP contribution is -2.29. The molecule has 1 saturated heterocycles. The molecular weight excluding hydrogens is 611 g/mol. The lowest BCUT2D eigenvalue weighted by Gasteiger charge is -2.26. The van der Waals surface area contributed by atoms with Crippen molar-refractivity contribution in [2.75, 3.05) is 31.5 Å². The number of likely N-dealkylation sites (tertiary alicyclic amines) is 1. The Morgan fingerprint density at radius 3 is 2.48 bits per heavy atom. The minimum absolute atomic E-state index is 0.118. The standard InChI is InChI=1S/C32H37ClF3N5O2S/c1-4-40(5-2)19-23-10-9-11-24(16-23)29(42)38-31-28(21(3)27(44-31)20-41-14-7-6-8-15-41)30(43)39-37-18-22-12-13-26(33)25(17-22)32(34,35)36/h9-13,16-18H,4-8,14-15,19-20H2,1-3H3,(H,38,42)(H,39,43)/b37-18-. The van der Waals surface area contributed by atoms with Gasteiger partial charge < -0.3 is 5.32 Å². The Kier molecular flexibility index (Phi) is 11.6. The third-order valence-corrected chi connectivity index (χ3v) is 9.20. The van der Waals surface area contributed by atoms with Gasteiger partial charge in [0.25, 0.3) is 11.8 Å². The van der Waals surface area contributed by atoms with Gasteiger partial charge in [-0.2, -0.15) is 18.3 Å². The summed E-state index contributed by atoms with van der Waals surface area (Å²) in [5.41, 5.74) is 4.05. The summed E-state index contributed by atoms with van der Waals surface area (Å²) in [5, 5.41) is 6.83. The SMILES string of the molecule is CCN(CC)Cc1cccc(C(=O)Nc2sc(CN3CCCCC3)c(C)c2C(=O)N/N=C\c2ccc(Cl)c(C(F)(F)F)c2)c1. The van der Waals surface area contributed by atoms with E-state index in [2.05, 4.69) is 39.5 Å². The van der Waals surface area contributed by atoms with Crippen molar-refractivity contribution in [3.05, 3.63) is 85.7 Å². The lowest BCUT2D eigenvalue weighted by atomic mass is 10.1. The van der Waals surface area contributed by atoms with E-state index in [4.69, 9.17) is 11.6 Å². The zero-order valence-corrected chi connectivity index (χ0v) is 26.6. The second kappa shape index (κ2) is 15.2. The van der Waals surface area contributed by atoms with Gasteiger partial charge in [0, 0.05) is 23.5 Å². The van der Waals surface area contributed by atoms with Crippen molar-refractivity contribution in [2.24, 2.45) is 5.10 Å². The number of carbonyl (C=O) groups excluding carboxylic acids is 2. The van der Waals surface area contributed by atoms with E-state index in [0.29, 0.717) is 17.1 Å². The van der Waals surface area contributed by atoms with Gasteiger partial charge in [0.1, 0.15) is 5.00 Å². The molecule has 3 aromatic rings. The van der Waals surface area contributed by atoms with Crippen LogP contribution in [0.3, 0.4) is 0 Å². The van der Waals surface area contributed by atoms with Crippen LogP contribution in [0.2, 0.25) is 5.02 Å². The largest absolute Gasteiger partial charge is 0.417 e. The van der Waals surface area contributed by atoms with E-state index >= 15 is 0 Å². The van der Waals surface area contributed by atoms with Crippen LogP contribution >= 0.6 is 22.9 Å². The summed E-state index contributed by atoms with van der Waals surface area (Å²) in [5.74, 6) is -0.911. The molecule has 1 aliphatic heterocycles. The normalized spacial score (nSPS) is 14.4. The number of amides is 2. The molecule has 0 bridgehead atoms. The quantitative estimate of drug-likeness (QED) is 0.166. The molecule has 1 fully saturated rings. The molecule has 0 spiro atoms. The zero-order chi connectivity index (χ0) is 31.9. The van der Waals surface area contributed by atoms with Gasteiger partial charge in [-0.05, 0) is 86.9 Å². The highest BCUT2D eigenvalue weighted by Crippen LogP contribution is 2.36. The Morgan fingerprint density at radius 2 is 1.80 bits per heavy atom. The number of hydrogen-bond donors (Lipinski definition) is 2. The van der Waals surface area contributed by atoms with Crippen LogP contribution in [0, 0.1) is 6.92 Å². The van der Waals surface area contributed by atoms with Crippen LogP contribution in [-0.2, 0) is 19.3 Å². The van der Waals surface area contributed by atoms with E-state index in [1.165, 1.54) is 23.8 Å². The van der Waals surface area contributed by atoms with Crippen LogP contribution in [0.25, 0.3) is 0 Å². The molecule has 0 atom stereocenters. The van der Waals surface area contributed by atoms with Gasteiger partial charge in [0.2, 0.25) is 0 Å². The molecule has 2 heterocycles. The molecule has 236 valence electrons. The molecule has 0 unspecified atom stereocenters. The molecule has 1 aromatic heterocycles. The summed E-state index contributed by atoms with van der Waals surface area (Å²) >= 11 is 7.06. The Labute approximate surface area is 265 Å². The first kappa shape index (κ1) is 33.6. The first-order valence-corrected chi connectivity index (χ1v) is 15.9. The van der Waals surface area contributed by atoms with Gasteiger partial charge >= 0.3 is 6.18 Å². The van der Waals surface area contributed by atoms with Crippen LogP contribution in [0.15, 0.2) is 47.6 Å². The van der Waals surface area contributed by atoms with Crippen molar-refractivity contribution >= 4 is 46.0 Å². The maximum Gasteiger partial charge on any atom is 0.417 e. The summed E-state index contributed by atoms with van der Waals surface area (Å²) in [6.45, 7) is 11.1. The fraction of sp³-hybridized carbons (Fsp3) is 0.406. The van der Waals surface area contributed by atoms with Crippen molar-refractivity contribution < 1.29 is 22.8 Å². The number of benzene rings is 2. The number of rotatable bonds is 11. The van der Waals surface area contributed by atoms with Crippen molar-refractivity contribution in [3.63, 3.8) is 0 Å². The molecule has 1 aliphatic rings. The fourth-order valence-corrected chi connectivity index (χ4v) is 6.61. The smallest absolute Gasteiger partial charge is 0.313 e. The van der Waals surface area contributed by atoms with E-state index in [1.54, 1.807) is 6.07 Å². The monoisotopic (exact) mass is 647 g/mol. The zero-order valence-electron chi connectivity index (χ0n) is 25.1. The molecule has 2 amide bonds. The number of piperidine rings is 1. The lowest BCUT2D eigenvalue weighted by molar-refractivity contribution is -0.137. The number of carbonyl (C=O) groups is 2. The van der Waals surface area contributed by atoms with Crippen LogP contribution in [-0.4, -0.2) is 54.0 Å². The maximum atomic E-state index is 13.4. The summed E-state index contributed by atoms with van der Waals surface area (Å²) in [7, 11) is 0. The van der Waals surface area contributed by atoms with Crippen molar-refractivity contribution in [3.8, 4) is 0 Å².